The van der Waals surface area contributed by atoms with Gasteiger partial charge in [-0.1, -0.05) is 34.6 Å². The van der Waals surface area contributed by atoms with Gasteiger partial charge in [0.15, 0.2) is 0 Å². The van der Waals surface area contributed by atoms with E-state index in [1.165, 1.54) is 0 Å². The van der Waals surface area contributed by atoms with Crippen LogP contribution in [0.4, 0.5) is 0 Å². The summed E-state index contributed by atoms with van der Waals surface area (Å²) in [6, 6.07) is 0.490. The molecular formula is C21H42N2O4. The number of ether oxygens (including phenoxy) is 3. The van der Waals surface area contributed by atoms with E-state index in [4.69, 9.17) is 14.2 Å². The largest absolute Gasteiger partial charge is 0.379 e. The summed E-state index contributed by atoms with van der Waals surface area (Å²) in [6.07, 6.45) is 2.69. The molecule has 0 radical (unpaired) electrons. The van der Waals surface area contributed by atoms with Crippen molar-refractivity contribution in [3.63, 3.8) is 0 Å². The van der Waals surface area contributed by atoms with Gasteiger partial charge in [0.1, 0.15) is 0 Å². The number of rotatable bonds is 13. The fourth-order valence-electron chi connectivity index (χ4n) is 3.27. The molecule has 1 amide bonds. The normalized spacial score (nSPS) is 16.3. The summed E-state index contributed by atoms with van der Waals surface area (Å²) in [5, 5.41) is 3.30. The quantitative estimate of drug-likeness (QED) is 0.493. The molecule has 0 spiro atoms. The fourth-order valence-corrected chi connectivity index (χ4v) is 3.27. The highest BCUT2D eigenvalue weighted by atomic mass is 16.5. The first-order chi connectivity index (χ1) is 12.8. The first-order valence-corrected chi connectivity index (χ1v) is 10.5. The SMILES string of the molecule is CC(C)NCCOCCOCCOCCC(=O)N1CCC(C(C)(C)C)CC1. The number of hydrogen-bond donors (Lipinski definition) is 1. The van der Waals surface area contributed by atoms with Crippen molar-refractivity contribution in [2.45, 2.75) is 59.9 Å². The van der Waals surface area contributed by atoms with Crippen LogP contribution in [-0.4, -0.2) is 76.1 Å². The number of carbonyl (C=O) groups is 1. The highest BCUT2D eigenvalue weighted by Crippen LogP contribution is 2.34. The molecule has 0 saturated carbocycles. The van der Waals surface area contributed by atoms with Gasteiger partial charge < -0.3 is 24.4 Å². The van der Waals surface area contributed by atoms with E-state index in [9.17, 15) is 4.79 Å². The maximum atomic E-state index is 12.2. The third-order valence-electron chi connectivity index (χ3n) is 5.08. The summed E-state index contributed by atoms with van der Waals surface area (Å²) >= 11 is 0. The number of likely N-dealkylation sites (tertiary alicyclic amines) is 1. The van der Waals surface area contributed by atoms with E-state index in [1.807, 2.05) is 4.90 Å². The molecule has 1 N–H and O–H groups in total. The van der Waals surface area contributed by atoms with Crippen LogP contribution in [0.3, 0.4) is 0 Å². The molecule has 1 heterocycles. The molecule has 27 heavy (non-hydrogen) atoms. The van der Waals surface area contributed by atoms with Crippen LogP contribution in [0.25, 0.3) is 0 Å². The third kappa shape index (κ3) is 11.7. The molecule has 1 rings (SSSR count). The maximum absolute atomic E-state index is 12.2. The van der Waals surface area contributed by atoms with Gasteiger partial charge >= 0.3 is 0 Å². The zero-order valence-electron chi connectivity index (χ0n) is 18.2. The van der Waals surface area contributed by atoms with Crippen LogP contribution < -0.4 is 5.32 Å². The van der Waals surface area contributed by atoms with Crippen molar-refractivity contribution in [3.8, 4) is 0 Å². The van der Waals surface area contributed by atoms with Crippen LogP contribution in [0.1, 0.15) is 53.9 Å². The van der Waals surface area contributed by atoms with Crippen molar-refractivity contribution in [2.75, 3.05) is 59.3 Å². The van der Waals surface area contributed by atoms with E-state index in [0.29, 0.717) is 63.4 Å². The number of nitrogens with one attached hydrogen (secondary N) is 1. The van der Waals surface area contributed by atoms with Gasteiger partial charge in [0.2, 0.25) is 5.91 Å². The molecule has 160 valence electrons. The Bertz CT molecular complexity index is 388. The molecule has 6 heteroatoms. The predicted molar refractivity (Wildman–Crippen MR) is 109 cm³/mol. The Kier molecular flexibility index (Phi) is 12.2. The average Bonchev–Trinajstić information content (AvgIpc) is 2.61. The smallest absolute Gasteiger partial charge is 0.224 e. The van der Waals surface area contributed by atoms with Crippen molar-refractivity contribution in [2.24, 2.45) is 11.3 Å². The van der Waals surface area contributed by atoms with Crippen LogP contribution in [0.5, 0.6) is 0 Å². The Morgan fingerprint density at radius 2 is 1.48 bits per heavy atom. The minimum atomic E-state index is 0.215. The van der Waals surface area contributed by atoms with E-state index in [0.717, 1.165) is 32.5 Å². The van der Waals surface area contributed by atoms with Crippen molar-refractivity contribution >= 4 is 5.91 Å². The van der Waals surface area contributed by atoms with Gasteiger partial charge in [-0.2, -0.15) is 0 Å². The topological polar surface area (TPSA) is 60.0 Å². The summed E-state index contributed by atoms with van der Waals surface area (Å²) in [5.74, 6) is 0.928. The molecule has 0 aromatic heterocycles. The summed E-state index contributed by atoms with van der Waals surface area (Å²) in [6.45, 7) is 17.2. The van der Waals surface area contributed by atoms with Crippen molar-refractivity contribution < 1.29 is 19.0 Å². The highest BCUT2D eigenvalue weighted by Gasteiger charge is 2.30. The third-order valence-corrected chi connectivity index (χ3v) is 5.08. The molecule has 0 unspecified atom stereocenters. The summed E-state index contributed by atoms with van der Waals surface area (Å²) in [7, 11) is 0. The van der Waals surface area contributed by atoms with Gasteiger partial charge in [-0.25, -0.2) is 0 Å². The predicted octanol–water partition coefficient (Wildman–Crippen LogP) is 2.71. The lowest BCUT2D eigenvalue weighted by Crippen LogP contribution is -2.41. The Labute approximate surface area is 166 Å². The minimum Gasteiger partial charge on any atom is -0.379 e. The van der Waals surface area contributed by atoms with Gasteiger partial charge in [0.25, 0.3) is 0 Å². The number of piperidine rings is 1. The van der Waals surface area contributed by atoms with E-state index < -0.39 is 0 Å². The molecule has 0 atom stereocenters. The lowest BCUT2D eigenvalue weighted by molar-refractivity contribution is -0.134. The number of nitrogens with zero attached hydrogens (tertiary/aromatic N) is 1. The molecule has 0 aromatic rings. The van der Waals surface area contributed by atoms with Gasteiger partial charge in [-0.3, -0.25) is 4.79 Å². The standard InChI is InChI=1S/C21H42N2O4/c1-18(2)22-9-13-26-15-17-27-16-14-25-12-8-20(24)23-10-6-19(7-11-23)21(3,4)5/h18-19,22H,6-17H2,1-5H3. The molecule has 1 aliphatic rings. The van der Waals surface area contributed by atoms with Crippen LogP contribution in [0.15, 0.2) is 0 Å². The van der Waals surface area contributed by atoms with E-state index in [2.05, 4.69) is 39.9 Å². The van der Waals surface area contributed by atoms with Crippen LogP contribution in [-0.2, 0) is 19.0 Å². The first kappa shape index (κ1) is 24.3. The lowest BCUT2D eigenvalue weighted by Gasteiger charge is -2.38. The molecule has 6 nitrogen and oxygen atoms in total. The molecule has 0 aliphatic carbocycles. The first-order valence-electron chi connectivity index (χ1n) is 10.5. The maximum Gasteiger partial charge on any atom is 0.224 e. The van der Waals surface area contributed by atoms with Gasteiger partial charge in [-0.05, 0) is 24.2 Å². The van der Waals surface area contributed by atoms with E-state index >= 15 is 0 Å². The van der Waals surface area contributed by atoms with Crippen LogP contribution in [0.2, 0.25) is 0 Å². The van der Waals surface area contributed by atoms with Crippen molar-refractivity contribution in [1.29, 1.82) is 0 Å². The Morgan fingerprint density at radius 3 is 2.00 bits per heavy atom. The van der Waals surface area contributed by atoms with Gasteiger partial charge in [0, 0.05) is 25.7 Å². The molecule has 1 saturated heterocycles. The van der Waals surface area contributed by atoms with Crippen molar-refractivity contribution in [1.82, 2.24) is 10.2 Å². The van der Waals surface area contributed by atoms with Gasteiger partial charge in [-0.15, -0.1) is 0 Å². The Morgan fingerprint density at radius 1 is 0.963 bits per heavy atom. The van der Waals surface area contributed by atoms with Crippen LogP contribution >= 0.6 is 0 Å². The number of carbonyl (C=O) groups excluding carboxylic acids is 1. The average molecular weight is 387 g/mol. The molecule has 1 fully saturated rings. The van der Waals surface area contributed by atoms with Crippen LogP contribution in [0, 0.1) is 11.3 Å². The van der Waals surface area contributed by atoms with E-state index in [-0.39, 0.29) is 5.91 Å². The molecular weight excluding hydrogens is 344 g/mol. The second-order valence-electron chi connectivity index (χ2n) is 8.72. The van der Waals surface area contributed by atoms with E-state index in [1.54, 1.807) is 0 Å². The summed E-state index contributed by atoms with van der Waals surface area (Å²) < 4.78 is 16.4. The summed E-state index contributed by atoms with van der Waals surface area (Å²) in [4.78, 5) is 14.2. The lowest BCUT2D eigenvalue weighted by atomic mass is 9.75. The second-order valence-corrected chi connectivity index (χ2v) is 8.72. The summed E-state index contributed by atoms with van der Waals surface area (Å²) in [5.41, 5.74) is 0.342. The fraction of sp³-hybridized carbons (Fsp3) is 0.952. The highest BCUT2D eigenvalue weighted by molar-refractivity contribution is 5.76. The number of amides is 1. The second kappa shape index (κ2) is 13.5. The molecule has 0 aromatic carbocycles. The van der Waals surface area contributed by atoms with Gasteiger partial charge in [0.05, 0.1) is 46.1 Å². The zero-order valence-corrected chi connectivity index (χ0v) is 18.2. The Balaban J connectivity index is 1.90. The zero-order chi connectivity index (χ0) is 20.1. The minimum absolute atomic E-state index is 0.215. The molecule has 1 aliphatic heterocycles. The monoisotopic (exact) mass is 386 g/mol. The number of hydrogen-bond acceptors (Lipinski definition) is 5. The Hall–Kier alpha value is -0.690. The molecule has 0 bridgehead atoms. The van der Waals surface area contributed by atoms with Crippen molar-refractivity contribution in [3.05, 3.63) is 0 Å².